The molecule has 0 aliphatic carbocycles. The summed E-state index contributed by atoms with van der Waals surface area (Å²) in [5.74, 6) is 0.463. The van der Waals surface area contributed by atoms with Crippen molar-refractivity contribution in [3.05, 3.63) is 69.8 Å². The van der Waals surface area contributed by atoms with Crippen LogP contribution in [0.15, 0.2) is 48.5 Å². The van der Waals surface area contributed by atoms with Gasteiger partial charge >= 0.3 is 0 Å². The lowest BCUT2D eigenvalue weighted by atomic mass is 9.90. The Labute approximate surface area is 196 Å². The highest BCUT2D eigenvalue weighted by Crippen LogP contribution is 2.31. The molecule has 0 aromatic heterocycles. The van der Waals surface area contributed by atoms with Gasteiger partial charge in [0.1, 0.15) is 5.69 Å². The van der Waals surface area contributed by atoms with Crippen LogP contribution in [0, 0.1) is 16.0 Å². The second kappa shape index (κ2) is 10.3. The Kier molecular flexibility index (Phi) is 7.28. The molecule has 0 bridgehead atoms. The van der Waals surface area contributed by atoms with Gasteiger partial charge in [0.25, 0.3) is 11.6 Å². The molecule has 2 aliphatic rings. The largest absolute Gasteiger partial charge is 0.363 e. The van der Waals surface area contributed by atoms with Gasteiger partial charge in [-0.3, -0.25) is 19.8 Å². The minimum Gasteiger partial charge on any atom is -0.363 e. The fourth-order valence-corrected chi connectivity index (χ4v) is 5.02. The molecule has 2 saturated heterocycles. The van der Waals surface area contributed by atoms with Crippen LogP contribution in [0.5, 0.6) is 0 Å². The van der Waals surface area contributed by atoms with Gasteiger partial charge in [-0.25, -0.2) is 0 Å². The number of hydrogen-bond donors (Lipinski definition) is 0. The number of piperidine rings is 1. The van der Waals surface area contributed by atoms with E-state index in [4.69, 9.17) is 0 Å². The Morgan fingerprint density at radius 3 is 2.27 bits per heavy atom. The Hall–Kier alpha value is -2.93. The number of carbonyl (C=O) groups excluding carboxylic acids is 1. The van der Waals surface area contributed by atoms with E-state index in [-0.39, 0.29) is 16.5 Å². The number of nitrogens with zero attached hydrogens (tertiary/aromatic N) is 4. The molecule has 4 rings (SSSR count). The number of carbonyl (C=O) groups is 1. The average Bonchev–Trinajstić information content (AvgIpc) is 2.84. The first-order valence-corrected chi connectivity index (χ1v) is 12.0. The van der Waals surface area contributed by atoms with Crippen LogP contribution in [0.4, 0.5) is 11.4 Å². The molecule has 2 fully saturated rings. The summed E-state index contributed by atoms with van der Waals surface area (Å²) in [7, 11) is 0. The third kappa shape index (κ3) is 5.53. The molecule has 0 atom stereocenters. The molecule has 0 spiro atoms. The van der Waals surface area contributed by atoms with Crippen molar-refractivity contribution in [2.75, 3.05) is 44.2 Å². The molecule has 2 aliphatic heterocycles. The lowest BCUT2D eigenvalue weighted by molar-refractivity contribution is -0.384. The van der Waals surface area contributed by atoms with Crippen molar-refractivity contribution in [2.45, 2.75) is 39.2 Å². The van der Waals surface area contributed by atoms with Crippen molar-refractivity contribution >= 4 is 17.3 Å². The zero-order chi connectivity index (χ0) is 23.4. The third-order valence-electron chi connectivity index (χ3n) is 7.07. The van der Waals surface area contributed by atoms with Crippen LogP contribution in [-0.2, 0) is 6.42 Å². The predicted molar refractivity (Wildman–Crippen MR) is 131 cm³/mol. The van der Waals surface area contributed by atoms with E-state index in [0.717, 1.165) is 45.4 Å². The molecule has 2 heterocycles. The standard InChI is InChI=1S/C26H34N4O3/c1-20(2)27-14-16-28(17-15-27)24-9-8-23(19-25(24)30(32)33)26(31)29-12-10-22(11-13-29)18-21-6-4-3-5-7-21/h3-9,19-20,22H,10-18H2,1-2H3. The highest BCUT2D eigenvalue weighted by atomic mass is 16.6. The lowest BCUT2D eigenvalue weighted by Crippen LogP contribution is -2.49. The molecular formula is C26H34N4O3. The Morgan fingerprint density at radius 1 is 1.00 bits per heavy atom. The van der Waals surface area contributed by atoms with Gasteiger partial charge in [-0.15, -0.1) is 0 Å². The first-order valence-electron chi connectivity index (χ1n) is 12.0. The van der Waals surface area contributed by atoms with Crippen molar-refractivity contribution in [2.24, 2.45) is 5.92 Å². The molecular weight excluding hydrogens is 416 g/mol. The summed E-state index contributed by atoms with van der Waals surface area (Å²) in [6.07, 6.45) is 2.95. The van der Waals surface area contributed by atoms with Crippen LogP contribution >= 0.6 is 0 Å². The van der Waals surface area contributed by atoms with E-state index in [1.54, 1.807) is 12.1 Å². The molecule has 33 heavy (non-hydrogen) atoms. The van der Waals surface area contributed by atoms with E-state index in [1.165, 1.54) is 11.6 Å². The fourth-order valence-electron chi connectivity index (χ4n) is 5.02. The quantitative estimate of drug-likeness (QED) is 0.487. The van der Waals surface area contributed by atoms with Crippen LogP contribution in [0.25, 0.3) is 0 Å². The summed E-state index contributed by atoms with van der Waals surface area (Å²) in [6.45, 7) is 9.00. The zero-order valence-electron chi connectivity index (χ0n) is 19.7. The predicted octanol–water partition coefficient (Wildman–Crippen LogP) is 4.22. The zero-order valence-corrected chi connectivity index (χ0v) is 19.7. The summed E-state index contributed by atoms with van der Waals surface area (Å²) >= 11 is 0. The smallest absolute Gasteiger partial charge is 0.293 e. The molecule has 176 valence electrons. The monoisotopic (exact) mass is 450 g/mol. The number of nitro groups is 1. The fraction of sp³-hybridized carbons (Fsp3) is 0.500. The van der Waals surface area contributed by atoms with Crippen molar-refractivity contribution in [1.82, 2.24) is 9.80 Å². The minimum atomic E-state index is -0.354. The first kappa shape index (κ1) is 23.2. The first-order chi connectivity index (χ1) is 15.9. The summed E-state index contributed by atoms with van der Waals surface area (Å²) in [6, 6.07) is 15.9. The van der Waals surface area contributed by atoms with Gasteiger partial charge < -0.3 is 9.80 Å². The Balaban J connectivity index is 1.40. The number of benzene rings is 2. The number of hydrogen-bond acceptors (Lipinski definition) is 5. The summed E-state index contributed by atoms with van der Waals surface area (Å²) < 4.78 is 0. The number of nitro benzene ring substituents is 1. The van der Waals surface area contributed by atoms with Crippen molar-refractivity contribution in [3.8, 4) is 0 Å². The number of piperazine rings is 1. The van der Waals surface area contributed by atoms with Crippen LogP contribution in [0.2, 0.25) is 0 Å². The number of amides is 1. The van der Waals surface area contributed by atoms with Gasteiger partial charge in [0.15, 0.2) is 0 Å². The molecule has 0 N–H and O–H groups in total. The molecule has 2 aromatic rings. The van der Waals surface area contributed by atoms with Crippen LogP contribution < -0.4 is 4.90 Å². The van der Waals surface area contributed by atoms with Crippen molar-refractivity contribution < 1.29 is 9.72 Å². The maximum absolute atomic E-state index is 13.1. The van der Waals surface area contributed by atoms with Crippen molar-refractivity contribution in [1.29, 1.82) is 0 Å². The van der Waals surface area contributed by atoms with Gasteiger partial charge in [-0.05, 0) is 56.7 Å². The van der Waals surface area contributed by atoms with Gasteiger partial charge in [0, 0.05) is 56.9 Å². The Morgan fingerprint density at radius 2 is 1.67 bits per heavy atom. The van der Waals surface area contributed by atoms with Crippen LogP contribution in [0.1, 0.15) is 42.6 Å². The second-order valence-corrected chi connectivity index (χ2v) is 9.50. The van der Waals surface area contributed by atoms with E-state index in [2.05, 4.69) is 47.9 Å². The van der Waals surface area contributed by atoms with E-state index in [0.29, 0.717) is 36.3 Å². The van der Waals surface area contributed by atoms with Crippen LogP contribution in [-0.4, -0.2) is 65.9 Å². The molecule has 0 unspecified atom stereocenters. The number of likely N-dealkylation sites (tertiary alicyclic amines) is 1. The summed E-state index contributed by atoms with van der Waals surface area (Å²) in [4.78, 5) is 30.9. The van der Waals surface area contributed by atoms with E-state index in [9.17, 15) is 14.9 Å². The minimum absolute atomic E-state index is 0.0258. The normalized spacial score (nSPS) is 18.0. The average molecular weight is 451 g/mol. The van der Waals surface area contributed by atoms with Gasteiger partial charge in [0.05, 0.1) is 4.92 Å². The maximum Gasteiger partial charge on any atom is 0.293 e. The van der Waals surface area contributed by atoms with E-state index >= 15 is 0 Å². The lowest BCUT2D eigenvalue weighted by Gasteiger charge is -2.38. The molecule has 7 heteroatoms. The summed E-state index contributed by atoms with van der Waals surface area (Å²) in [5, 5.41) is 11.8. The van der Waals surface area contributed by atoms with Gasteiger partial charge in [-0.2, -0.15) is 0 Å². The molecule has 7 nitrogen and oxygen atoms in total. The second-order valence-electron chi connectivity index (χ2n) is 9.50. The van der Waals surface area contributed by atoms with E-state index in [1.807, 2.05) is 11.0 Å². The molecule has 0 saturated carbocycles. The molecule has 1 amide bonds. The molecule has 0 radical (unpaired) electrons. The maximum atomic E-state index is 13.1. The number of anilines is 1. The SMILES string of the molecule is CC(C)N1CCN(c2ccc(C(=O)N3CCC(Cc4ccccc4)CC3)cc2[N+](=O)[O-])CC1. The van der Waals surface area contributed by atoms with Crippen LogP contribution in [0.3, 0.4) is 0 Å². The highest BCUT2D eigenvalue weighted by molar-refractivity contribution is 5.96. The van der Waals surface area contributed by atoms with E-state index < -0.39 is 0 Å². The third-order valence-corrected chi connectivity index (χ3v) is 7.07. The topological polar surface area (TPSA) is 69.9 Å². The highest BCUT2D eigenvalue weighted by Gasteiger charge is 2.28. The van der Waals surface area contributed by atoms with Gasteiger partial charge in [-0.1, -0.05) is 30.3 Å². The molecule has 2 aromatic carbocycles. The number of rotatable bonds is 6. The Bertz CT molecular complexity index is 963. The summed E-state index contributed by atoms with van der Waals surface area (Å²) in [5.41, 5.74) is 2.38. The van der Waals surface area contributed by atoms with Gasteiger partial charge in [0.2, 0.25) is 0 Å². The van der Waals surface area contributed by atoms with Crippen molar-refractivity contribution in [3.63, 3.8) is 0 Å².